The molecule has 0 fully saturated rings. The van der Waals surface area contributed by atoms with Gasteiger partial charge in [-0.05, 0) is 36.8 Å². The van der Waals surface area contributed by atoms with E-state index in [9.17, 15) is 19.5 Å². The van der Waals surface area contributed by atoms with Crippen LogP contribution in [0.1, 0.15) is 38.8 Å². The highest BCUT2D eigenvalue weighted by Crippen LogP contribution is 2.14. The van der Waals surface area contributed by atoms with Gasteiger partial charge < -0.3 is 15.2 Å². The van der Waals surface area contributed by atoms with E-state index in [0.717, 1.165) is 5.56 Å². The van der Waals surface area contributed by atoms with Crippen LogP contribution >= 0.6 is 0 Å². The van der Waals surface area contributed by atoms with E-state index in [1.807, 2.05) is 6.07 Å². The summed E-state index contributed by atoms with van der Waals surface area (Å²) in [5.74, 6) is -1.01. The zero-order chi connectivity index (χ0) is 22.2. The van der Waals surface area contributed by atoms with E-state index in [0.29, 0.717) is 16.7 Å². The second kappa shape index (κ2) is 10.2. The van der Waals surface area contributed by atoms with Crippen molar-refractivity contribution in [1.29, 1.82) is 0 Å². The van der Waals surface area contributed by atoms with E-state index in [-0.39, 0.29) is 24.6 Å². The average Bonchev–Trinajstić information content (AvgIpc) is 2.80. The summed E-state index contributed by atoms with van der Waals surface area (Å²) in [7, 11) is 0. The summed E-state index contributed by atoms with van der Waals surface area (Å²) in [4.78, 5) is 37.6. The molecule has 6 nitrogen and oxygen atoms in total. The summed E-state index contributed by atoms with van der Waals surface area (Å²) < 4.78 is 5.09. The van der Waals surface area contributed by atoms with Crippen molar-refractivity contribution in [1.82, 2.24) is 5.32 Å². The molecule has 0 unspecified atom stereocenters. The highest BCUT2D eigenvalue weighted by molar-refractivity contribution is 6.09. The van der Waals surface area contributed by atoms with Crippen LogP contribution < -0.4 is 5.32 Å². The lowest BCUT2D eigenvalue weighted by molar-refractivity contribution is -0.145. The average molecular weight is 417 g/mol. The molecule has 0 aliphatic heterocycles. The number of rotatable bonds is 8. The maximum Gasteiger partial charge on any atom is 0.328 e. The van der Waals surface area contributed by atoms with Crippen LogP contribution in [0.4, 0.5) is 0 Å². The fourth-order valence-corrected chi connectivity index (χ4v) is 3.07. The minimum Gasteiger partial charge on any atom is -0.508 e. The van der Waals surface area contributed by atoms with Gasteiger partial charge in [0.1, 0.15) is 11.8 Å². The molecule has 3 rings (SSSR count). The third kappa shape index (κ3) is 5.79. The van der Waals surface area contributed by atoms with Gasteiger partial charge in [0, 0.05) is 23.1 Å². The third-order valence-electron chi connectivity index (χ3n) is 4.70. The molecule has 31 heavy (non-hydrogen) atoms. The number of carbonyl (C=O) groups is 3. The van der Waals surface area contributed by atoms with Gasteiger partial charge >= 0.3 is 5.97 Å². The van der Waals surface area contributed by atoms with E-state index in [2.05, 4.69) is 5.32 Å². The van der Waals surface area contributed by atoms with Crippen LogP contribution in [0.15, 0.2) is 78.9 Å². The van der Waals surface area contributed by atoms with Crippen LogP contribution in [0.25, 0.3) is 0 Å². The number of amides is 1. The first kappa shape index (κ1) is 21.8. The minimum absolute atomic E-state index is 0.116. The van der Waals surface area contributed by atoms with Crippen molar-refractivity contribution in [3.63, 3.8) is 0 Å². The van der Waals surface area contributed by atoms with Crippen molar-refractivity contribution in [2.24, 2.45) is 0 Å². The van der Waals surface area contributed by atoms with Gasteiger partial charge in [0.05, 0.1) is 6.61 Å². The number of phenols is 1. The van der Waals surface area contributed by atoms with E-state index >= 15 is 0 Å². The lowest BCUT2D eigenvalue weighted by Gasteiger charge is -2.17. The van der Waals surface area contributed by atoms with Crippen molar-refractivity contribution >= 4 is 17.7 Å². The summed E-state index contributed by atoms with van der Waals surface area (Å²) in [6.07, 6.45) is 0.218. The second-order valence-electron chi connectivity index (χ2n) is 6.92. The van der Waals surface area contributed by atoms with E-state index < -0.39 is 17.9 Å². The molecular formula is C25H23NO5. The first-order valence-electron chi connectivity index (χ1n) is 9.93. The Labute approximate surface area is 180 Å². The molecule has 0 heterocycles. The lowest BCUT2D eigenvalue weighted by Crippen LogP contribution is -2.43. The first-order chi connectivity index (χ1) is 15.0. The van der Waals surface area contributed by atoms with Crippen molar-refractivity contribution in [3.8, 4) is 5.75 Å². The number of nitrogens with one attached hydrogen (secondary N) is 1. The molecule has 0 aliphatic carbocycles. The number of aromatic hydroxyl groups is 1. The molecule has 0 aliphatic rings. The van der Waals surface area contributed by atoms with Gasteiger partial charge in [-0.1, -0.05) is 54.6 Å². The summed E-state index contributed by atoms with van der Waals surface area (Å²) in [6.45, 7) is 1.89. The molecule has 0 aromatic heterocycles. The Hall–Kier alpha value is -3.93. The van der Waals surface area contributed by atoms with Crippen LogP contribution in [-0.4, -0.2) is 35.4 Å². The number of hydrogen-bond acceptors (Lipinski definition) is 5. The minimum atomic E-state index is -0.886. The normalized spacial score (nSPS) is 11.4. The van der Waals surface area contributed by atoms with Crippen molar-refractivity contribution < 1.29 is 24.2 Å². The Bertz CT molecular complexity index is 1040. The largest absolute Gasteiger partial charge is 0.508 e. The SMILES string of the molecule is CCOC(=O)[C@H](Cc1ccc(O)cc1)NC(=O)c1ccc(C(=O)c2ccccc2)cc1. The Balaban J connectivity index is 1.72. The Morgan fingerprint density at radius 2 is 1.42 bits per heavy atom. The molecule has 1 atom stereocenters. The monoisotopic (exact) mass is 417 g/mol. The van der Waals surface area contributed by atoms with Gasteiger partial charge in [0.25, 0.3) is 5.91 Å². The third-order valence-corrected chi connectivity index (χ3v) is 4.70. The standard InChI is InChI=1S/C25H23NO5/c1-2-31-25(30)22(16-17-8-14-21(27)15-9-17)26-24(29)20-12-10-19(11-13-20)23(28)18-6-4-3-5-7-18/h3-15,22,27H,2,16H2,1H3,(H,26,29)/t22-/m0/s1. The number of carbonyl (C=O) groups excluding carboxylic acids is 3. The zero-order valence-electron chi connectivity index (χ0n) is 17.1. The molecule has 6 heteroatoms. The molecule has 0 spiro atoms. The molecule has 0 radical (unpaired) electrons. The van der Waals surface area contributed by atoms with Gasteiger partial charge in [0.2, 0.25) is 0 Å². The molecule has 0 bridgehead atoms. The fourth-order valence-electron chi connectivity index (χ4n) is 3.07. The summed E-state index contributed by atoms with van der Waals surface area (Å²) >= 11 is 0. The molecule has 1 amide bonds. The Morgan fingerprint density at radius 3 is 2.03 bits per heavy atom. The molecular weight excluding hydrogens is 394 g/mol. The van der Waals surface area contributed by atoms with Crippen molar-refractivity contribution in [2.75, 3.05) is 6.61 Å². The van der Waals surface area contributed by atoms with Crippen molar-refractivity contribution in [2.45, 2.75) is 19.4 Å². The first-order valence-corrected chi connectivity index (χ1v) is 9.93. The van der Waals surface area contributed by atoms with Gasteiger partial charge in [-0.15, -0.1) is 0 Å². The van der Waals surface area contributed by atoms with Gasteiger partial charge in [-0.2, -0.15) is 0 Å². The van der Waals surface area contributed by atoms with Crippen LogP contribution in [0.2, 0.25) is 0 Å². The van der Waals surface area contributed by atoms with Gasteiger partial charge in [0.15, 0.2) is 5.78 Å². The Morgan fingerprint density at radius 1 is 0.839 bits per heavy atom. The summed E-state index contributed by atoms with van der Waals surface area (Å²) in [5, 5.41) is 12.1. The number of ether oxygens (including phenoxy) is 1. The predicted octanol–water partition coefficient (Wildman–Crippen LogP) is 3.53. The second-order valence-corrected chi connectivity index (χ2v) is 6.92. The van der Waals surface area contributed by atoms with Crippen LogP contribution in [0.3, 0.4) is 0 Å². The predicted molar refractivity (Wildman–Crippen MR) is 116 cm³/mol. The molecule has 0 saturated heterocycles. The maximum absolute atomic E-state index is 12.7. The van der Waals surface area contributed by atoms with Crippen molar-refractivity contribution in [3.05, 3.63) is 101 Å². The van der Waals surface area contributed by atoms with E-state index in [1.165, 1.54) is 12.1 Å². The molecule has 0 saturated carbocycles. The topological polar surface area (TPSA) is 92.7 Å². The van der Waals surface area contributed by atoms with E-state index in [1.54, 1.807) is 67.6 Å². The molecule has 3 aromatic rings. The highest BCUT2D eigenvalue weighted by Gasteiger charge is 2.23. The highest BCUT2D eigenvalue weighted by atomic mass is 16.5. The van der Waals surface area contributed by atoms with Gasteiger partial charge in [-0.3, -0.25) is 9.59 Å². The van der Waals surface area contributed by atoms with E-state index in [4.69, 9.17) is 4.74 Å². The van der Waals surface area contributed by atoms with Crippen LogP contribution in [0, 0.1) is 0 Å². The smallest absolute Gasteiger partial charge is 0.328 e. The quantitative estimate of drug-likeness (QED) is 0.432. The molecule has 2 N–H and O–H groups in total. The molecule has 3 aromatic carbocycles. The fraction of sp³-hybridized carbons (Fsp3) is 0.160. The number of hydrogen-bond donors (Lipinski definition) is 2. The van der Waals surface area contributed by atoms with Gasteiger partial charge in [-0.25, -0.2) is 4.79 Å². The van der Waals surface area contributed by atoms with Crippen LogP contribution in [-0.2, 0) is 16.0 Å². The Kier molecular flexibility index (Phi) is 7.17. The summed E-state index contributed by atoms with van der Waals surface area (Å²) in [5.41, 5.74) is 2.12. The summed E-state index contributed by atoms with van der Waals surface area (Å²) in [6, 6.07) is 20.7. The number of benzene rings is 3. The number of ketones is 1. The van der Waals surface area contributed by atoms with Crippen LogP contribution in [0.5, 0.6) is 5.75 Å². The number of esters is 1. The lowest BCUT2D eigenvalue weighted by atomic mass is 10.0. The maximum atomic E-state index is 12.7. The number of phenolic OH excluding ortho intramolecular Hbond substituents is 1. The molecule has 158 valence electrons. The zero-order valence-corrected chi connectivity index (χ0v) is 17.1.